The molecule has 0 spiro atoms. The first-order valence-electron chi connectivity index (χ1n) is 7.02. The van der Waals surface area contributed by atoms with Gasteiger partial charge in [0.1, 0.15) is 12.9 Å². The predicted molar refractivity (Wildman–Crippen MR) is 78.5 cm³/mol. The average molecular weight is 283 g/mol. The number of hydrogen-bond acceptors (Lipinski definition) is 6. The minimum atomic E-state index is 0.438. The topological polar surface area (TPSA) is 65.5 Å². The number of aromatic nitrogens is 2. The summed E-state index contributed by atoms with van der Waals surface area (Å²) >= 11 is 0. The van der Waals surface area contributed by atoms with Gasteiger partial charge < -0.3 is 19.5 Å². The van der Waals surface area contributed by atoms with Gasteiger partial charge in [0.05, 0.1) is 13.7 Å². The van der Waals surface area contributed by atoms with Crippen LogP contribution in [-0.4, -0.2) is 43.4 Å². The zero-order valence-electron chi connectivity index (χ0n) is 12.8. The molecule has 0 radical (unpaired) electrons. The SMILES string of the molecule is CCCNc1ncnc(OCCOCC(C)C)c1OC. The number of rotatable bonds is 10. The lowest BCUT2D eigenvalue weighted by molar-refractivity contribution is 0.0796. The highest BCUT2D eigenvalue weighted by Crippen LogP contribution is 2.30. The van der Waals surface area contributed by atoms with Crippen molar-refractivity contribution in [3.05, 3.63) is 6.33 Å². The van der Waals surface area contributed by atoms with Crippen LogP contribution in [-0.2, 0) is 4.74 Å². The van der Waals surface area contributed by atoms with Gasteiger partial charge >= 0.3 is 0 Å². The maximum Gasteiger partial charge on any atom is 0.262 e. The van der Waals surface area contributed by atoms with Crippen molar-refractivity contribution < 1.29 is 14.2 Å². The number of ether oxygens (including phenoxy) is 3. The molecule has 1 N–H and O–H groups in total. The normalized spacial score (nSPS) is 10.7. The fourth-order valence-electron chi connectivity index (χ4n) is 1.53. The summed E-state index contributed by atoms with van der Waals surface area (Å²) in [5, 5.41) is 3.18. The fraction of sp³-hybridized carbons (Fsp3) is 0.714. The maximum atomic E-state index is 5.59. The lowest BCUT2D eigenvalue weighted by Crippen LogP contribution is -2.12. The molecule has 20 heavy (non-hydrogen) atoms. The zero-order valence-corrected chi connectivity index (χ0v) is 12.8. The molecule has 0 aliphatic carbocycles. The molecule has 1 rings (SSSR count). The first-order valence-corrected chi connectivity index (χ1v) is 7.02. The third kappa shape index (κ3) is 5.61. The standard InChI is InChI=1S/C14H25N3O3/c1-5-6-15-13-12(18-4)14(17-10-16-13)20-8-7-19-9-11(2)3/h10-11H,5-9H2,1-4H3,(H,15,16,17). The summed E-state index contributed by atoms with van der Waals surface area (Å²) in [7, 11) is 1.58. The Kier molecular flexibility index (Phi) is 7.72. The van der Waals surface area contributed by atoms with Crippen molar-refractivity contribution in [2.75, 3.05) is 38.8 Å². The van der Waals surface area contributed by atoms with Gasteiger partial charge in [0.2, 0.25) is 5.75 Å². The Morgan fingerprint density at radius 3 is 2.70 bits per heavy atom. The summed E-state index contributed by atoms with van der Waals surface area (Å²) in [6.45, 7) is 8.83. The fourth-order valence-corrected chi connectivity index (χ4v) is 1.53. The van der Waals surface area contributed by atoms with E-state index in [1.165, 1.54) is 6.33 Å². The van der Waals surface area contributed by atoms with E-state index in [2.05, 4.69) is 36.1 Å². The lowest BCUT2D eigenvalue weighted by Gasteiger charge is -2.13. The Labute approximate surface area is 120 Å². The van der Waals surface area contributed by atoms with Crippen molar-refractivity contribution in [3.8, 4) is 11.6 Å². The third-order valence-electron chi connectivity index (χ3n) is 2.44. The summed E-state index contributed by atoms with van der Waals surface area (Å²) in [6, 6.07) is 0. The molecule has 0 atom stereocenters. The number of nitrogens with zero attached hydrogens (tertiary/aromatic N) is 2. The quantitative estimate of drug-likeness (QED) is 0.665. The number of methoxy groups -OCH3 is 1. The number of anilines is 1. The molecule has 0 saturated carbocycles. The van der Waals surface area contributed by atoms with Crippen LogP contribution in [0.25, 0.3) is 0 Å². The van der Waals surface area contributed by atoms with E-state index in [9.17, 15) is 0 Å². The van der Waals surface area contributed by atoms with Crippen LogP contribution in [0.15, 0.2) is 6.33 Å². The maximum absolute atomic E-state index is 5.59. The van der Waals surface area contributed by atoms with Crippen molar-refractivity contribution in [2.45, 2.75) is 27.2 Å². The Morgan fingerprint density at radius 2 is 2.05 bits per heavy atom. The summed E-state index contributed by atoms with van der Waals surface area (Å²) in [5.74, 6) is 2.15. The van der Waals surface area contributed by atoms with Gasteiger partial charge in [0, 0.05) is 13.2 Å². The molecule has 0 saturated heterocycles. The summed E-state index contributed by atoms with van der Waals surface area (Å²) in [6.07, 6.45) is 2.47. The van der Waals surface area contributed by atoms with Gasteiger partial charge in [-0.15, -0.1) is 0 Å². The molecule has 114 valence electrons. The van der Waals surface area contributed by atoms with E-state index in [-0.39, 0.29) is 0 Å². The predicted octanol–water partition coefficient (Wildman–Crippen LogP) is 2.36. The van der Waals surface area contributed by atoms with Crippen LogP contribution in [0.1, 0.15) is 27.2 Å². The van der Waals surface area contributed by atoms with Gasteiger partial charge in [0.25, 0.3) is 5.88 Å². The Balaban J connectivity index is 2.51. The second kappa shape index (κ2) is 9.36. The van der Waals surface area contributed by atoms with Gasteiger partial charge in [-0.05, 0) is 12.3 Å². The van der Waals surface area contributed by atoms with Gasteiger partial charge in [-0.3, -0.25) is 0 Å². The Morgan fingerprint density at radius 1 is 1.25 bits per heavy atom. The average Bonchev–Trinajstić information content (AvgIpc) is 2.44. The monoisotopic (exact) mass is 283 g/mol. The van der Waals surface area contributed by atoms with Crippen LogP contribution in [0.2, 0.25) is 0 Å². The smallest absolute Gasteiger partial charge is 0.262 e. The van der Waals surface area contributed by atoms with Crippen molar-refractivity contribution in [3.63, 3.8) is 0 Å². The van der Waals surface area contributed by atoms with E-state index in [1.807, 2.05) is 0 Å². The second-order valence-corrected chi connectivity index (χ2v) is 4.80. The van der Waals surface area contributed by atoms with Gasteiger partial charge in [-0.2, -0.15) is 4.98 Å². The lowest BCUT2D eigenvalue weighted by atomic mass is 10.2. The Hall–Kier alpha value is -1.56. The molecule has 0 aliphatic heterocycles. The summed E-state index contributed by atoms with van der Waals surface area (Å²) in [5.41, 5.74) is 0. The number of hydrogen-bond donors (Lipinski definition) is 1. The Bertz CT molecular complexity index is 386. The molecule has 0 aromatic carbocycles. The minimum Gasteiger partial charge on any atom is -0.489 e. The minimum absolute atomic E-state index is 0.438. The first kappa shape index (κ1) is 16.5. The highest BCUT2D eigenvalue weighted by molar-refractivity contribution is 5.54. The van der Waals surface area contributed by atoms with E-state index in [1.54, 1.807) is 7.11 Å². The molecule has 1 heterocycles. The highest BCUT2D eigenvalue weighted by Gasteiger charge is 2.12. The van der Waals surface area contributed by atoms with Gasteiger partial charge in [-0.25, -0.2) is 4.98 Å². The van der Waals surface area contributed by atoms with Gasteiger partial charge in [0.15, 0.2) is 5.82 Å². The van der Waals surface area contributed by atoms with E-state index >= 15 is 0 Å². The molecule has 6 nitrogen and oxygen atoms in total. The number of nitrogens with one attached hydrogen (secondary N) is 1. The molecule has 1 aromatic heterocycles. The molecular formula is C14H25N3O3. The molecule has 1 aromatic rings. The van der Waals surface area contributed by atoms with Crippen molar-refractivity contribution in [1.82, 2.24) is 9.97 Å². The van der Waals surface area contributed by atoms with Crippen molar-refractivity contribution in [2.24, 2.45) is 5.92 Å². The molecule has 0 aliphatic rings. The highest BCUT2D eigenvalue weighted by atomic mass is 16.5. The second-order valence-electron chi connectivity index (χ2n) is 4.80. The molecule has 0 fully saturated rings. The molecule has 6 heteroatoms. The molecular weight excluding hydrogens is 258 g/mol. The molecule has 0 unspecified atom stereocenters. The molecule has 0 amide bonds. The van der Waals surface area contributed by atoms with Crippen molar-refractivity contribution in [1.29, 1.82) is 0 Å². The van der Waals surface area contributed by atoms with Crippen LogP contribution < -0.4 is 14.8 Å². The van der Waals surface area contributed by atoms with Crippen LogP contribution in [0.3, 0.4) is 0 Å². The zero-order chi connectivity index (χ0) is 14.8. The van der Waals surface area contributed by atoms with E-state index in [0.717, 1.165) is 19.6 Å². The first-order chi connectivity index (χ1) is 9.69. The van der Waals surface area contributed by atoms with E-state index in [4.69, 9.17) is 14.2 Å². The third-order valence-corrected chi connectivity index (χ3v) is 2.44. The van der Waals surface area contributed by atoms with Crippen LogP contribution >= 0.6 is 0 Å². The van der Waals surface area contributed by atoms with E-state index < -0.39 is 0 Å². The summed E-state index contributed by atoms with van der Waals surface area (Å²) in [4.78, 5) is 8.25. The summed E-state index contributed by atoms with van der Waals surface area (Å²) < 4.78 is 16.4. The van der Waals surface area contributed by atoms with Gasteiger partial charge in [-0.1, -0.05) is 20.8 Å². The van der Waals surface area contributed by atoms with Crippen LogP contribution in [0, 0.1) is 5.92 Å². The largest absolute Gasteiger partial charge is 0.489 e. The van der Waals surface area contributed by atoms with Crippen molar-refractivity contribution >= 4 is 5.82 Å². The van der Waals surface area contributed by atoms with Crippen LogP contribution in [0.5, 0.6) is 11.6 Å². The molecule has 0 bridgehead atoms. The van der Waals surface area contributed by atoms with Crippen LogP contribution in [0.4, 0.5) is 5.82 Å². The van der Waals surface area contributed by atoms with E-state index in [0.29, 0.717) is 36.6 Å².